The topological polar surface area (TPSA) is 53.2 Å². The number of aryl methyl sites for hydroxylation is 1. The quantitative estimate of drug-likeness (QED) is 0.742. The molecule has 0 saturated heterocycles. The molecule has 0 aliphatic heterocycles. The molecule has 0 aliphatic carbocycles. The van der Waals surface area contributed by atoms with Crippen LogP contribution in [0.25, 0.3) is 0 Å². The zero-order valence-corrected chi connectivity index (χ0v) is 7.66. The first-order chi connectivity index (χ1) is 6.24. The number of rotatable bonds is 2. The van der Waals surface area contributed by atoms with Gasteiger partial charge >= 0.3 is 0 Å². The highest BCUT2D eigenvalue weighted by atomic mass is 16.5. The molecule has 0 saturated carbocycles. The molecule has 0 heterocycles. The lowest BCUT2D eigenvalue weighted by Gasteiger charge is -2.10. The van der Waals surface area contributed by atoms with Crippen molar-refractivity contribution in [1.82, 2.24) is 0 Å². The van der Waals surface area contributed by atoms with Crippen molar-refractivity contribution in [2.45, 2.75) is 13.5 Å². The predicted octanol–water partition coefficient (Wildman–Crippen LogP) is 1.37. The molecule has 1 aromatic carbocycles. The molecule has 0 fully saturated rings. The Labute approximate surface area is 77.2 Å². The summed E-state index contributed by atoms with van der Waals surface area (Å²) in [6.07, 6.45) is 0. The maximum absolute atomic E-state index is 9.06. The number of aliphatic hydroxyl groups excluding tert-OH is 1. The number of nitriles is 1. The lowest BCUT2D eigenvalue weighted by atomic mass is 10.0. The van der Waals surface area contributed by atoms with Crippen LogP contribution in [0.2, 0.25) is 0 Å². The molecule has 1 rings (SSSR count). The van der Waals surface area contributed by atoms with E-state index in [0.29, 0.717) is 16.9 Å². The van der Waals surface area contributed by atoms with E-state index in [1.165, 1.54) is 7.11 Å². The summed E-state index contributed by atoms with van der Waals surface area (Å²) in [5.74, 6) is 0.477. The molecule has 1 N–H and O–H groups in total. The molecular formula is C10H11NO2. The standard InChI is InChI=1S/C10H11NO2/c1-7-3-4-8(5-11)10(13-2)9(7)6-12/h3-4,12H,6H2,1-2H3. The molecule has 0 amide bonds. The van der Waals surface area contributed by atoms with Gasteiger partial charge in [0.2, 0.25) is 0 Å². The summed E-state index contributed by atoms with van der Waals surface area (Å²) in [6.45, 7) is 1.76. The smallest absolute Gasteiger partial charge is 0.142 e. The Hall–Kier alpha value is -1.53. The van der Waals surface area contributed by atoms with Gasteiger partial charge in [0.25, 0.3) is 0 Å². The van der Waals surface area contributed by atoms with Gasteiger partial charge in [0.15, 0.2) is 0 Å². The Morgan fingerprint density at radius 1 is 1.54 bits per heavy atom. The molecule has 0 bridgehead atoms. The van der Waals surface area contributed by atoms with Crippen molar-refractivity contribution in [2.24, 2.45) is 0 Å². The Bertz CT molecular complexity index is 353. The molecule has 1 aromatic rings. The molecule has 0 atom stereocenters. The normalized spacial score (nSPS) is 9.38. The SMILES string of the molecule is COc1c(C#N)ccc(C)c1CO. The summed E-state index contributed by atoms with van der Waals surface area (Å²) in [6, 6.07) is 5.50. The fourth-order valence-electron chi connectivity index (χ4n) is 1.24. The number of hydrogen-bond acceptors (Lipinski definition) is 3. The van der Waals surface area contributed by atoms with Gasteiger partial charge in [-0.25, -0.2) is 0 Å². The third-order valence-electron chi connectivity index (χ3n) is 1.98. The summed E-state index contributed by atoms with van der Waals surface area (Å²) in [7, 11) is 1.49. The van der Waals surface area contributed by atoms with Gasteiger partial charge in [-0.1, -0.05) is 6.07 Å². The third kappa shape index (κ3) is 1.63. The van der Waals surface area contributed by atoms with Crippen molar-refractivity contribution in [3.63, 3.8) is 0 Å². The minimum absolute atomic E-state index is 0.107. The number of ether oxygens (including phenoxy) is 1. The van der Waals surface area contributed by atoms with Gasteiger partial charge in [-0.2, -0.15) is 5.26 Å². The second kappa shape index (κ2) is 3.92. The molecule has 0 aliphatic rings. The van der Waals surface area contributed by atoms with Crippen molar-refractivity contribution in [2.75, 3.05) is 7.11 Å². The van der Waals surface area contributed by atoms with Crippen LogP contribution < -0.4 is 4.74 Å². The first-order valence-electron chi connectivity index (χ1n) is 3.92. The first kappa shape index (κ1) is 9.56. The van der Waals surface area contributed by atoms with Crippen LogP contribution in [0.3, 0.4) is 0 Å². The van der Waals surface area contributed by atoms with E-state index in [-0.39, 0.29) is 6.61 Å². The lowest BCUT2D eigenvalue weighted by Crippen LogP contribution is -1.97. The highest BCUT2D eigenvalue weighted by Crippen LogP contribution is 2.26. The fraction of sp³-hybridized carbons (Fsp3) is 0.300. The molecule has 68 valence electrons. The van der Waals surface area contributed by atoms with E-state index in [1.807, 2.05) is 13.0 Å². The number of methoxy groups -OCH3 is 1. The maximum atomic E-state index is 9.06. The zero-order chi connectivity index (χ0) is 9.84. The molecule has 0 radical (unpaired) electrons. The highest BCUT2D eigenvalue weighted by Gasteiger charge is 2.10. The molecular weight excluding hydrogens is 166 g/mol. The van der Waals surface area contributed by atoms with Gasteiger partial charge in [0.05, 0.1) is 19.3 Å². The second-order valence-electron chi connectivity index (χ2n) is 2.71. The first-order valence-corrected chi connectivity index (χ1v) is 3.92. The van der Waals surface area contributed by atoms with Crippen molar-refractivity contribution < 1.29 is 9.84 Å². The van der Waals surface area contributed by atoms with Crippen molar-refractivity contribution in [3.05, 3.63) is 28.8 Å². The van der Waals surface area contributed by atoms with Gasteiger partial charge in [-0.15, -0.1) is 0 Å². The van der Waals surface area contributed by atoms with Gasteiger partial charge < -0.3 is 9.84 Å². The summed E-state index contributed by atoms with van der Waals surface area (Å²) in [5, 5.41) is 17.8. The number of nitrogens with zero attached hydrogens (tertiary/aromatic N) is 1. The minimum atomic E-state index is -0.107. The summed E-state index contributed by atoms with van der Waals surface area (Å²) < 4.78 is 5.06. The van der Waals surface area contributed by atoms with Crippen molar-refractivity contribution >= 4 is 0 Å². The molecule has 0 unspecified atom stereocenters. The van der Waals surface area contributed by atoms with Crippen LogP contribution in [-0.2, 0) is 6.61 Å². The van der Waals surface area contributed by atoms with E-state index in [1.54, 1.807) is 12.1 Å². The summed E-state index contributed by atoms with van der Waals surface area (Å²) >= 11 is 0. The van der Waals surface area contributed by atoms with Crippen LogP contribution in [0.1, 0.15) is 16.7 Å². The third-order valence-corrected chi connectivity index (χ3v) is 1.98. The molecule has 3 nitrogen and oxygen atoms in total. The molecule has 13 heavy (non-hydrogen) atoms. The second-order valence-corrected chi connectivity index (χ2v) is 2.71. The van der Waals surface area contributed by atoms with E-state index < -0.39 is 0 Å². The van der Waals surface area contributed by atoms with E-state index in [2.05, 4.69) is 0 Å². The minimum Gasteiger partial charge on any atom is -0.495 e. The van der Waals surface area contributed by atoms with Gasteiger partial charge in [0.1, 0.15) is 11.8 Å². The Balaban J connectivity index is 3.38. The van der Waals surface area contributed by atoms with Crippen LogP contribution in [0.4, 0.5) is 0 Å². The van der Waals surface area contributed by atoms with E-state index in [4.69, 9.17) is 15.1 Å². The number of benzene rings is 1. The maximum Gasteiger partial charge on any atom is 0.142 e. The van der Waals surface area contributed by atoms with Crippen LogP contribution in [0.5, 0.6) is 5.75 Å². The largest absolute Gasteiger partial charge is 0.495 e. The Morgan fingerprint density at radius 2 is 2.23 bits per heavy atom. The van der Waals surface area contributed by atoms with Gasteiger partial charge in [-0.3, -0.25) is 0 Å². The molecule has 0 spiro atoms. The summed E-state index contributed by atoms with van der Waals surface area (Å²) in [4.78, 5) is 0. The molecule has 3 heteroatoms. The van der Waals surface area contributed by atoms with Crippen molar-refractivity contribution in [3.8, 4) is 11.8 Å². The highest BCUT2D eigenvalue weighted by molar-refractivity contribution is 5.51. The average molecular weight is 177 g/mol. The van der Waals surface area contributed by atoms with E-state index in [0.717, 1.165) is 5.56 Å². The van der Waals surface area contributed by atoms with Crippen molar-refractivity contribution in [1.29, 1.82) is 5.26 Å². The Morgan fingerprint density at radius 3 is 2.69 bits per heavy atom. The predicted molar refractivity (Wildman–Crippen MR) is 48.4 cm³/mol. The van der Waals surface area contributed by atoms with Gasteiger partial charge in [0, 0.05) is 5.56 Å². The average Bonchev–Trinajstić information content (AvgIpc) is 2.17. The molecule has 0 aromatic heterocycles. The fourth-order valence-corrected chi connectivity index (χ4v) is 1.24. The Kier molecular flexibility index (Phi) is 2.88. The monoisotopic (exact) mass is 177 g/mol. The summed E-state index contributed by atoms with van der Waals surface area (Å²) in [5.41, 5.74) is 2.07. The van der Waals surface area contributed by atoms with Crippen LogP contribution in [-0.4, -0.2) is 12.2 Å². The van der Waals surface area contributed by atoms with Crippen LogP contribution in [0, 0.1) is 18.3 Å². The van der Waals surface area contributed by atoms with Gasteiger partial charge in [-0.05, 0) is 18.6 Å². The van der Waals surface area contributed by atoms with Crippen LogP contribution in [0.15, 0.2) is 12.1 Å². The number of hydrogen-bond donors (Lipinski definition) is 1. The van der Waals surface area contributed by atoms with E-state index in [9.17, 15) is 0 Å². The zero-order valence-electron chi connectivity index (χ0n) is 7.66. The lowest BCUT2D eigenvalue weighted by molar-refractivity contribution is 0.272. The van der Waals surface area contributed by atoms with Crippen LogP contribution >= 0.6 is 0 Å². The van der Waals surface area contributed by atoms with E-state index >= 15 is 0 Å². The number of aliphatic hydroxyl groups is 1.